The van der Waals surface area contributed by atoms with Gasteiger partial charge in [-0.1, -0.05) is 50.6 Å². The monoisotopic (exact) mass is 362 g/mol. The van der Waals surface area contributed by atoms with Crippen LogP contribution in [0.4, 0.5) is 9.59 Å². The second kappa shape index (κ2) is 8.21. The van der Waals surface area contributed by atoms with E-state index in [1.165, 1.54) is 0 Å². The maximum absolute atomic E-state index is 13.0. The van der Waals surface area contributed by atoms with Gasteiger partial charge >= 0.3 is 12.2 Å². The van der Waals surface area contributed by atoms with E-state index in [9.17, 15) is 14.4 Å². The third-order valence-electron chi connectivity index (χ3n) is 4.32. The van der Waals surface area contributed by atoms with Gasteiger partial charge in [-0.3, -0.25) is 4.79 Å². The van der Waals surface area contributed by atoms with E-state index in [0.29, 0.717) is 24.8 Å². The van der Waals surface area contributed by atoms with Crippen LogP contribution in [-0.4, -0.2) is 41.3 Å². The Morgan fingerprint density at radius 2 is 1.65 bits per heavy atom. The summed E-state index contributed by atoms with van der Waals surface area (Å²) in [4.78, 5) is 38.0. The van der Waals surface area contributed by atoms with Crippen LogP contribution in [0, 0.1) is 6.92 Å². The molecule has 1 aliphatic heterocycles. The Hall–Kier alpha value is -2.57. The minimum absolute atomic E-state index is 0.171. The van der Waals surface area contributed by atoms with Crippen LogP contribution in [0.2, 0.25) is 0 Å². The molecular formula is C19H26N2O5. The number of hydrazine groups is 1. The van der Waals surface area contributed by atoms with Gasteiger partial charge < -0.3 is 9.47 Å². The summed E-state index contributed by atoms with van der Waals surface area (Å²) in [6.45, 7) is 7.80. The Kier molecular flexibility index (Phi) is 6.23. The number of carbonyl (C=O) groups excluding carboxylic acids is 3. The van der Waals surface area contributed by atoms with Crippen molar-refractivity contribution in [1.29, 1.82) is 0 Å². The van der Waals surface area contributed by atoms with Crippen LogP contribution in [0.15, 0.2) is 24.3 Å². The maximum atomic E-state index is 13.0. The molecule has 1 atom stereocenters. The lowest BCUT2D eigenvalue weighted by Crippen LogP contribution is -2.77. The van der Waals surface area contributed by atoms with E-state index in [1.807, 2.05) is 39.0 Å². The van der Waals surface area contributed by atoms with Crippen LogP contribution in [0.5, 0.6) is 0 Å². The first-order valence-electron chi connectivity index (χ1n) is 8.99. The first-order valence-corrected chi connectivity index (χ1v) is 8.99. The molecule has 26 heavy (non-hydrogen) atoms. The third kappa shape index (κ3) is 3.25. The highest BCUT2D eigenvalue weighted by Crippen LogP contribution is 2.44. The molecule has 7 nitrogen and oxygen atoms in total. The zero-order chi connectivity index (χ0) is 19.3. The van der Waals surface area contributed by atoms with Crippen molar-refractivity contribution in [2.24, 2.45) is 0 Å². The number of hydrogen-bond acceptors (Lipinski definition) is 5. The summed E-state index contributed by atoms with van der Waals surface area (Å²) in [5.41, 5.74) is 0.345. The number of ether oxygens (including phenoxy) is 2. The predicted octanol–water partition coefficient (Wildman–Crippen LogP) is 3.75. The van der Waals surface area contributed by atoms with Crippen molar-refractivity contribution < 1.29 is 23.9 Å². The zero-order valence-corrected chi connectivity index (χ0v) is 15.8. The standard InChI is InChI=1S/C19H26N2O5/c1-5-11-25-17(23)20-16(22)19(7-3,15-10-8-9-14(4)13-15)21(20)18(24)26-12-6-2/h8-10,13H,5-7,11-12H2,1-4H3. The Balaban J connectivity index is 2.43. The second-order valence-corrected chi connectivity index (χ2v) is 6.24. The minimum atomic E-state index is -1.26. The summed E-state index contributed by atoms with van der Waals surface area (Å²) in [5.74, 6) is -0.486. The van der Waals surface area contributed by atoms with Gasteiger partial charge in [0.15, 0.2) is 5.54 Å². The Labute approximate surface area is 153 Å². The van der Waals surface area contributed by atoms with Gasteiger partial charge in [0, 0.05) is 0 Å². The Bertz CT molecular complexity index is 690. The molecule has 142 valence electrons. The van der Waals surface area contributed by atoms with Crippen molar-refractivity contribution in [3.05, 3.63) is 35.4 Å². The van der Waals surface area contributed by atoms with Crippen molar-refractivity contribution in [2.45, 2.75) is 52.5 Å². The first kappa shape index (κ1) is 19.8. The van der Waals surface area contributed by atoms with Gasteiger partial charge in [-0.05, 0) is 31.7 Å². The highest BCUT2D eigenvalue weighted by atomic mass is 16.6. The van der Waals surface area contributed by atoms with Crippen molar-refractivity contribution in [3.63, 3.8) is 0 Å². The quantitative estimate of drug-likeness (QED) is 0.770. The summed E-state index contributed by atoms with van der Waals surface area (Å²) in [5, 5.41) is 1.84. The van der Waals surface area contributed by atoms with Crippen LogP contribution in [-0.2, 0) is 19.8 Å². The molecule has 0 aliphatic carbocycles. The molecule has 1 aromatic rings. The summed E-state index contributed by atoms with van der Waals surface area (Å²) in [6, 6.07) is 7.35. The molecule has 0 N–H and O–H groups in total. The summed E-state index contributed by atoms with van der Waals surface area (Å²) >= 11 is 0. The van der Waals surface area contributed by atoms with E-state index in [4.69, 9.17) is 9.47 Å². The molecule has 1 unspecified atom stereocenters. The molecule has 1 heterocycles. The van der Waals surface area contributed by atoms with Gasteiger partial charge in [-0.2, -0.15) is 5.01 Å². The predicted molar refractivity (Wildman–Crippen MR) is 95.1 cm³/mol. The number of carbonyl (C=O) groups is 3. The molecule has 0 spiro atoms. The lowest BCUT2D eigenvalue weighted by molar-refractivity contribution is -0.203. The molecule has 0 aromatic heterocycles. The highest BCUT2D eigenvalue weighted by molar-refractivity contribution is 6.06. The van der Waals surface area contributed by atoms with E-state index >= 15 is 0 Å². The number of imide groups is 1. The summed E-state index contributed by atoms with van der Waals surface area (Å²) in [7, 11) is 0. The fourth-order valence-corrected chi connectivity index (χ4v) is 3.04. The molecule has 1 saturated heterocycles. The fraction of sp³-hybridized carbons (Fsp3) is 0.526. The van der Waals surface area contributed by atoms with Gasteiger partial charge in [0.25, 0.3) is 5.91 Å². The maximum Gasteiger partial charge on any atom is 0.436 e. The van der Waals surface area contributed by atoms with E-state index in [0.717, 1.165) is 15.6 Å². The fourth-order valence-electron chi connectivity index (χ4n) is 3.04. The van der Waals surface area contributed by atoms with Crippen molar-refractivity contribution >= 4 is 18.1 Å². The van der Waals surface area contributed by atoms with Crippen molar-refractivity contribution in [2.75, 3.05) is 13.2 Å². The lowest BCUT2D eigenvalue weighted by atomic mass is 9.81. The molecule has 1 aromatic carbocycles. The molecule has 0 radical (unpaired) electrons. The Morgan fingerprint density at radius 3 is 2.19 bits per heavy atom. The minimum Gasteiger partial charge on any atom is -0.448 e. The van der Waals surface area contributed by atoms with Crippen LogP contribution >= 0.6 is 0 Å². The van der Waals surface area contributed by atoms with Crippen LogP contribution in [0.1, 0.15) is 51.2 Å². The number of amides is 3. The molecule has 3 amide bonds. The largest absolute Gasteiger partial charge is 0.448 e. The summed E-state index contributed by atoms with van der Waals surface area (Å²) in [6.07, 6.45) is -0.0266. The number of hydrogen-bond donors (Lipinski definition) is 0. The average Bonchev–Trinajstić information content (AvgIpc) is 2.63. The molecule has 1 aliphatic rings. The van der Waals surface area contributed by atoms with Gasteiger partial charge in [0.05, 0.1) is 13.2 Å². The van der Waals surface area contributed by atoms with E-state index < -0.39 is 23.6 Å². The van der Waals surface area contributed by atoms with E-state index in [1.54, 1.807) is 13.0 Å². The van der Waals surface area contributed by atoms with Crippen molar-refractivity contribution in [1.82, 2.24) is 10.0 Å². The van der Waals surface area contributed by atoms with E-state index in [-0.39, 0.29) is 13.2 Å². The normalized spacial score (nSPS) is 19.2. The smallest absolute Gasteiger partial charge is 0.436 e. The SMILES string of the molecule is CCCOC(=O)N1C(=O)C(CC)(c2cccc(C)c2)N1C(=O)OCCC. The third-order valence-corrected chi connectivity index (χ3v) is 4.32. The van der Waals surface area contributed by atoms with E-state index in [2.05, 4.69) is 0 Å². The second-order valence-electron chi connectivity index (χ2n) is 6.24. The molecule has 7 heteroatoms. The molecule has 0 bridgehead atoms. The number of rotatable bonds is 6. The van der Waals surface area contributed by atoms with Gasteiger partial charge in [0.2, 0.25) is 0 Å². The molecule has 1 fully saturated rings. The molecule has 0 saturated carbocycles. The highest BCUT2D eigenvalue weighted by Gasteiger charge is 2.65. The number of benzene rings is 1. The number of nitrogens with zero attached hydrogens (tertiary/aromatic N) is 2. The molecule has 2 rings (SSSR count). The van der Waals surface area contributed by atoms with Gasteiger partial charge in [-0.25, -0.2) is 9.59 Å². The average molecular weight is 362 g/mol. The first-order chi connectivity index (χ1) is 12.4. The topological polar surface area (TPSA) is 76.2 Å². The van der Waals surface area contributed by atoms with Gasteiger partial charge in [0.1, 0.15) is 0 Å². The number of aryl methyl sites for hydroxylation is 1. The van der Waals surface area contributed by atoms with Crippen LogP contribution in [0.3, 0.4) is 0 Å². The lowest BCUT2D eigenvalue weighted by Gasteiger charge is -2.54. The summed E-state index contributed by atoms with van der Waals surface area (Å²) < 4.78 is 10.3. The zero-order valence-electron chi connectivity index (χ0n) is 15.8. The molecular weight excluding hydrogens is 336 g/mol. The van der Waals surface area contributed by atoms with Crippen molar-refractivity contribution in [3.8, 4) is 0 Å². The van der Waals surface area contributed by atoms with Crippen LogP contribution < -0.4 is 0 Å². The Morgan fingerprint density at radius 1 is 1.04 bits per heavy atom. The van der Waals surface area contributed by atoms with Gasteiger partial charge in [-0.15, -0.1) is 5.01 Å². The van der Waals surface area contributed by atoms with Crippen LogP contribution in [0.25, 0.3) is 0 Å².